The molecule has 0 aliphatic carbocycles. The molecular formula is C24H22ClN5O2. The van der Waals surface area contributed by atoms with Gasteiger partial charge >= 0.3 is 0 Å². The summed E-state index contributed by atoms with van der Waals surface area (Å²) in [5.41, 5.74) is 4.53. The van der Waals surface area contributed by atoms with Crippen molar-refractivity contribution < 1.29 is 5.11 Å². The van der Waals surface area contributed by atoms with Crippen molar-refractivity contribution in [2.75, 3.05) is 5.32 Å². The van der Waals surface area contributed by atoms with Crippen molar-refractivity contribution in [3.05, 3.63) is 80.9 Å². The monoisotopic (exact) mass is 447 g/mol. The molecule has 8 heteroatoms. The zero-order valence-corrected chi connectivity index (χ0v) is 18.7. The van der Waals surface area contributed by atoms with Crippen LogP contribution in [0.5, 0.6) is 5.75 Å². The van der Waals surface area contributed by atoms with Crippen LogP contribution in [0.25, 0.3) is 16.6 Å². The maximum absolute atomic E-state index is 13.1. The second-order valence-electron chi connectivity index (χ2n) is 8.53. The van der Waals surface area contributed by atoms with Crippen LogP contribution in [-0.2, 0) is 12.1 Å². The van der Waals surface area contributed by atoms with Gasteiger partial charge < -0.3 is 15.7 Å². The summed E-state index contributed by atoms with van der Waals surface area (Å²) in [6, 6.07) is 10.9. The highest BCUT2D eigenvalue weighted by Crippen LogP contribution is 2.33. The molecule has 1 aliphatic rings. The molecule has 162 valence electrons. The maximum Gasteiger partial charge on any atom is 0.266 e. The van der Waals surface area contributed by atoms with Crippen molar-refractivity contribution >= 4 is 34.1 Å². The lowest BCUT2D eigenvalue weighted by atomic mass is 9.94. The summed E-state index contributed by atoms with van der Waals surface area (Å²) < 4.78 is 1.33. The van der Waals surface area contributed by atoms with E-state index in [0.29, 0.717) is 16.9 Å². The van der Waals surface area contributed by atoms with Crippen molar-refractivity contribution in [1.29, 1.82) is 0 Å². The number of aromatic hydroxyl groups is 1. The van der Waals surface area contributed by atoms with Crippen LogP contribution in [0.3, 0.4) is 0 Å². The third-order valence-electron chi connectivity index (χ3n) is 5.90. The van der Waals surface area contributed by atoms with Gasteiger partial charge in [-0.25, -0.2) is 9.97 Å². The number of aromatic nitrogens is 3. The summed E-state index contributed by atoms with van der Waals surface area (Å²) >= 11 is 6.25. The number of halogens is 1. The van der Waals surface area contributed by atoms with E-state index < -0.39 is 0 Å². The van der Waals surface area contributed by atoms with E-state index in [4.69, 9.17) is 11.6 Å². The predicted molar refractivity (Wildman–Crippen MR) is 126 cm³/mol. The van der Waals surface area contributed by atoms with Gasteiger partial charge in [-0.3, -0.25) is 9.36 Å². The van der Waals surface area contributed by atoms with Gasteiger partial charge in [0.25, 0.3) is 5.56 Å². The molecule has 32 heavy (non-hydrogen) atoms. The van der Waals surface area contributed by atoms with Gasteiger partial charge in [-0.2, -0.15) is 0 Å². The predicted octanol–water partition coefficient (Wildman–Crippen LogP) is 4.53. The van der Waals surface area contributed by atoms with Crippen LogP contribution in [0, 0.1) is 6.92 Å². The highest BCUT2D eigenvalue weighted by Gasteiger charge is 2.28. The van der Waals surface area contributed by atoms with Gasteiger partial charge in [-0.15, -0.1) is 0 Å². The number of hydrogen-bond acceptors (Lipinski definition) is 6. The van der Waals surface area contributed by atoms with Gasteiger partial charge in [-0.05, 0) is 61.7 Å². The summed E-state index contributed by atoms with van der Waals surface area (Å²) in [7, 11) is 0. The van der Waals surface area contributed by atoms with Gasteiger partial charge in [0.1, 0.15) is 11.4 Å². The Morgan fingerprint density at radius 2 is 2.06 bits per heavy atom. The molecule has 3 heterocycles. The van der Waals surface area contributed by atoms with Gasteiger partial charge in [0.05, 0.1) is 15.9 Å². The summed E-state index contributed by atoms with van der Waals surface area (Å²) in [5.74, 6) is 0.329. The quantitative estimate of drug-likeness (QED) is 0.427. The first-order valence-corrected chi connectivity index (χ1v) is 10.6. The van der Waals surface area contributed by atoms with E-state index in [1.54, 1.807) is 18.3 Å². The van der Waals surface area contributed by atoms with E-state index in [1.807, 2.05) is 13.0 Å². The molecule has 0 spiro atoms. The molecule has 4 aromatic rings. The standard InChI is InChI=1S/C24H22ClN5O2/c1-13-12-30(21-18(25)5-4-6-19(21)31)22(32)16-11-26-23(29-20(13)16)28-15-7-8-17-14(9-15)10-27-24(17,2)3/h4-9,11-12,27,31H,10H2,1-3H3,(H,26,28,29). The molecule has 0 bridgehead atoms. The molecule has 3 N–H and O–H groups in total. The largest absolute Gasteiger partial charge is 0.506 e. The van der Waals surface area contributed by atoms with Crippen molar-refractivity contribution in [2.24, 2.45) is 0 Å². The first-order chi connectivity index (χ1) is 15.2. The second-order valence-corrected chi connectivity index (χ2v) is 8.93. The zero-order valence-electron chi connectivity index (χ0n) is 17.9. The molecular weight excluding hydrogens is 426 g/mol. The molecule has 1 aliphatic heterocycles. The topological polar surface area (TPSA) is 92.1 Å². The number of anilines is 2. The normalized spacial score (nSPS) is 14.5. The number of nitrogens with one attached hydrogen (secondary N) is 2. The first kappa shape index (κ1) is 20.5. The summed E-state index contributed by atoms with van der Waals surface area (Å²) in [6.07, 6.45) is 3.13. The average Bonchev–Trinajstić information content (AvgIpc) is 3.05. The highest BCUT2D eigenvalue weighted by molar-refractivity contribution is 6.32. The van der Waals surface area contributed by atoms with E-state index in [0.717, 1.165) is 17.8 Å². The van der Waals surface area contributed by atoms with Crippen molar-refractivity contribution in [3.8, 4) is 11.4 Å². The third-order valence-corrected chi connectivity index (χ3v) is 6.20. The summed E-state index contributed by atoms with van der Waals surface area (Å²) in [4.78, 5) is 22.1. The molecule has 2 aromatic carbocycles. The number of rotatable bonds is 3. The van der Waals surface area contributed by atoms with Crippen LogP contribution in [0.1, 0.15) is 30.5 Å². The van der Waals surface area contributed by atoms with E-state index in [2.05, 4.69) is 46.6 Å². The maximum atomic E-state index is 13.1. The molecule has 0 radical (unpaired) electrons. The summed E-state index contributed by atoms with van der Waals surface area (Å²) in [5, 5.41) is 17.6. The number of nitrogens with zero attached hydrogens (tertiary/aromatic N) is 3. The van der Waals surface area contributed by atoms with E-state index >= 15 is 0 Å². The van der Waals surface area contributed by atoms with Crippen molar-refractivity contribution in [1.82, 2.24) is 19.9 Å². The Bertz CT molecular complexity index is 1420. The first-order valence-electron chi connectivity index (χ1n) is 10.3. The van der Waals surface area contributed by atoms with Crippen molar-refractivity contribution in [2.45, 2.75) is 32.9 Å². The van der Waals surface area contributed by atoms with Crippen LogP contribution in [0.15, 0.2) is 53.6 Å². The third kappa shape index (κ3) is 3.30. The minimum absolute atomic E-state index is 0.0413. The zero-order chi connectivity index (χ0) is 22.6. The lowest BCUT2D eigenvalue weighted by Crippen LogP contribution is -2.28. The fourth-order valence-electron chi connectivity index (χ4n) is 4.22. The molecule has 0 atom stereocenters. The number of phenols is 1. The van der Waals surface area contributed by atoms with Crippen LogP contribution in [0.4, 0.5) is 11.6 Å². The molecule has 0 saturated heterocycles. The number of aryl methyl sites for hydroxylation is 1. The SMILES string of the molecule is Cc1cn(-c2c(O)cccc2Cl)c(=O)c2cnc(Nc3ccc4c(c3)CNC4(C)C)nc12. The Balaban J connectivity index is 1.55. The van der Waals surface area contributed by atoms with Gasteiger partial charge in [0.15, 0.2) is 0 Å². The van der Waals surface area contributed by atoms with E-state index in [1.165, 1.54) is 28.0 Å². The average molecular weight is 448 g/mol. The van der Waals surface area contributed by atoms with Crippen LogP contribution >= 0.6 is 11.6 Å². The Labute approximate surface area is 189 Å². The number of fused-ring (bicyclic) bond motifs is 2. The Morgan fingerprint density at radius 3 is 2.84 bits per heavy atom. The highest BCUT2D eigenvalue weighted by atomic mass is 35.5. The van der Waals surface area contributed by atoms with Gasteiger partial charge in [-0.1, -0.05) is 23.7 Å². The molecule has 0 amide bonds. The fraction of sp³-hybridized carbons (Fsp3) is 0.208. The minimum atomic E-state index is -0.355. The molecule has 0 saturated carbocycles. The number of pyridine rings is 1. The van der Waals surface area contributed by atoms with Crippen molar-refractivity contribution in [3.63, 3.8) is 0 Å². The van der Waals surface area contributed by atoms with Gasteiger partial charge in [0.2, 0.25) is 5.95 Å². The Hall–Kier alpha value is -3.42. The lowest BCUT2D eigenvalue weighted by Gasteiger charge is -2.19. The molecule has 2 aromatic heterocycles. The molecule has 0 unspecified atom stereocenters. The summed E-state index contributed by atoms with van der Waals surface area (Å²) in [6.45, 7) is 6.99. The number of benzene rings is 2. The van der Waals surface area contributed by atoms with E-state index in [9.17, 15) is 9.90 Å². The number of phenolic OH excluding ortho intramolecular Hbond substituents is 1. The Morgan fingerprint density at radius 1 is 1.25 bits per heavy atom. The van der Waals surface area contributed by atoms with Crippen LogP contribution in [-0.4, -0.2) is 19.6 Å². The smallest absolute Gasteiger partial charge is 0.266 e. The van der Waals surface area contributed by atoms with E-state index in [-0.39, 0.29) is 27.6 Å². The lowest BCUT2D eigenvalue weighted by molar-refractivity contribution is 0.442. The van der Waals surface area contributed by atoms with Gasteiger partial charge in [0, 0.05) is 30.2 Å². The molecule has 0 fully saturated rings. The second kappa shape index (κ2) is 7.32. The van der Waals surface area contributed by atoms with Crippen LogP contribution in [0.2, 0.25) is 5.02 Å². The molecule has 7 nitrogen and oxygen atoms in total. The Kier molecular flexibility index (Phi) is 4.69. The molecule has 5 rings (SSSR count). The number of hydrogen-bond donors (Lipinski definition) is 3. The van der Waals surface area contributed by atoms with Crippen LogP contribution < -0.4 is 16.2 Å². The number of para-hydroxylation sites is 1. The fourth-order valence-corrected chi connectivity index (χ4v) is 4.48. The minimum Gasteiger partial charge on any atom is -0.506 e.